The zero-order chi connectivity index (χ0) is 13.3. The molecule has 1 aromatic carbocycles. The second-order valence-corrected chi connectivity index (χ2v) is 4.44. The molecule has 1 heterocycles. The van der Waals surface area contributed by atoms with Gasteiger partial charge in [-0.1, -0.05) is 6.07 Å². The zero-order valence-electron chi connectivity index (χ0n) is 8.79. The molecule has 2 rings (SSSR count). The summed E-state index contributed by atoms with van der Waals surface area (Å²) < 4.78 is 51.2. The predicted molar refractivity (Wildman–Crippen MR) is 59.2 cm³/mol. The molecule has 0 spiro atoms. The molecule has 18 heavy (non-hydrogen) atoms. The maximum Gasteiger partial charge on any atom is 0.417 e. The third-order valence-corrected chi connectivity index (χ3v) is 3.15. The fourth-order valence-corrected chi connectivity index (χ4v) is 2.17. The summed E-state index contributed by atoms with van der Waals surface area (Å²) in [5, 5.41) is 1.57. The molecule has 0 radical (unpaired) electrons. The number of carbonyl (C=O) groups excluding carboxylic acids is 1. The molecule has 0 N–H and O–H groups in total. The Morgan fingerprint density at radius 2 is 1.89 bits per heavy atom. The lowest BCUT2D eigenvalue weighted by Gasteiger charge is -2.11. The van der Waals surface area contributed by atoms with Gasteiger partial charge in [0.25, 0.3) is 0 Å². The van der Waals surface area contributed by atoms with E-state index in [1.54, 1.807) is 11.4 Å². The quantitative estimate of drug-likeness (QED) is 0.594. The fraction of sp³-hybridized carbons (Fsp3) is 0.0833. The minimum atomic E-state index is -4.68. The highest BCUT2D eigenvalue weighted by Crippen LogP contribution is 2.33. The summed E-state index contributed by atoms with van der Waals surface area (Å²) in [7, 11) is 0. The van der Waals surface area contributed by atoms with E-state index in [2.05, 4.69) is 0 Å². The summed E-state index contributed by atoms with van der Waals surface area (Å²) in [6, 6.07) is 4.83. The van der Waals surface area contributed by atoms with Crippen LogP contribution in [-0.4, -0.2) is 5.78 Å². The van der Waals surface area contributed by atoms with Crippen molar-refractivity contribution in [2.24, 2.45) is 0 Å². The number of thiophene rings is 1. The van der Waals surface area contributed by atoms with Gasteiger partial charge < -0.3 is 0 Å². The first-order valence-corrected chi connectivity index (χ1v) is 5.72. The van der Waals surface area contributed by atoms with Crippen molar-refractivity contribution < 1.29 is 22.4 Å². The first-order valence-electron chi connectivity index (χ1n) is 4.84. The number of carbonyl (C=O) groups is 1. The Kier molecular flexibility index (Phi) is 3.21. The van der Waals surface area contributed by atoms with Gasteiger partial charge in [0.15, 0.2) is 0 Å². The van der Waals surface area contributed by atoms with Gasteiger partial charge in [-0.05, 0) is 29.6 Å². The van der Waals surface area contributed by atoms with Crippen LogP contribution in [0, 0.1) is 5.82 Å². The molecule has 0 saturated heterocycles. The van der Waals surface area contributed by atoms with Crippen molar-refractivity contribution in [3.05, 3.63) is 57.5 Å². The lowest BCUT2D eigenvalue weighted by Crippen LogP contribution is -2.13. The van der Waals surface area contributed by atoms with Gasteiger partial charge in [-0.2, -0.15) is 13.2 Å². The number of alkyl halides is 3. The van der Waals surface area contributed by atoms with Crippen LogP contribution in [0.5, 0.6) is 0 Å². The zero-order valence-corrected chi connectivity index (χ0v) is 9.61. The van der Waals surface area contributed by atoms with Crippen molar-refractivity contribution in [3.63, 3.8) is 0 Å². The molecule has 6 heteroatoms. The first kappa shape index (κ1) is 12.8. The minimum Gasteiger partial charge on any atom is -0.288 e. The predicted octanol–water partition coefficient (Wildman–Crippen LogP) is 4.14. The van der Waals surface area contributed by atoms with Crippen molar-refractivity contribution in [2.75, 3.05) is 0 Å². The molecule has 1 aromatic heterocycles. The Morgan fingerprint density at radius 3 is 2.44 bits per heavy atom. The van der Waals surface area contributed by atoms with Gasteiger partial charge in [0, 0.05) is 5.56 Å². The highest BCUT2D eigenvalue weighted by Gasteiger charge is 2.35. The van der Waals surface area contributed by atoms with Crippen LogP contribution in [0.25, 0.3) is 0 Å². The van der Waals surface area contributed by atoms with E-state index in [9.17, 15) is 22.4 Å². The summed E-state index contributed by atoms with van der Waals surface area (Å²) in [6.07, 6.45) is -4.68. The molecule has 2 aromatic rings. The Bertz CT molecular complexity index is 572. The van der Waals surface area contributed by atoms with Crippen molar-refractivity contribution in [1.29, 1.82) is 0 Å². The summed E-state index contributed by atoms with van der Waals surface area (Å²) >= 11 is 1.01. The summed E-state index contributed by atoms with van der Waals surface area (Å²) in [6.45, 7) is 0. The lowest BCUT2D eigenvalue weighted by atomic mass is 10.0. The first-order chi connectivity index (χ1) is 8.39. The third kappa shape index (κ3) is 2.43. The average Bonchev–Trinajstić information content (AvgIpc) is 2.79. The monoisotopic (exact) mass is 274 g/mol. The normalized spacial score (nSPS) is 11.6. The molecule has 0 unspecified atom stereocenters. The van der Waals surface area contributed by atoms with Gasteiger partial charge in [-0.3, -0.25) is 4.79 Å². The van der Waals surface area contributed by atoms with Crippen molar-refractivity contribution >= 4 is 17.1 Å². The summed E-state index contributed by atoms with van der Waals surface area (Å²) in [5.74, 6) is -1.69. The van der Waals surface area contributed by atoms with Gasteiger partial charge in [0.2, 0.25) is 5.78 Å². The Labute approximate surface area is 104 Å². The van der Waals surface area contributed by atoms with E-state index in [4.69, 9.17) is 0 Å². The molecule has 0 amide bonds. The number of hydrogen-bond acceptors (Lipinski definition) is 2. The topological polar surface area (TPSA) is 17.1 Å². The molecule has 0 atom stereocenters. The fourth-order valence-electron chi connectivity index (χ4n) is 1.49. The highest BCUT2D eigenvalue weighted by atomic mass is 32.1. The molecule has 0 bridgehead atoms. The van der Waals surface area contributed by atoms with E-state index in [0.29, 0.717) is 18.2 Å². The second kappa shape index (κ2) is 4.53. The molecule has 0 aliphatic heterocycles. The molecule has 0 aliphatic rings. The lowest BCUT2D eigenvalue weighted by molar-refractivity contribution is -0.137. The van der Waals surface area contributed by atoms with Crippen molar-refractivity contribution in [2.45, 2.75) is 6.18 Å². The van der Waals surface area contributed by atoms with Crippen molar-refractivity contribution in [1.82, 2.24) is 0 Å². The van der Waals surface area contributed by atoms with Crippen LogP contribution in [0.1, 0.15) is 20.8 Å². The van der Waals surface area contributed by atoms with E-state index in [1.165, 1.54) is 6.07 Å². The summed E-state index contributed by atoms with van der Waals surface area (Å²) in [5.41, 5.74) is -1.78. The van der Waals surface area contributed by atoms with Crippen LogP contribution in [0.4, 0.5) is 17.6 Å². The van der Waals surface area contributed by atoms with Crippen LogP contribution >= 0.6 is 11.3 Å². The van der Waals surface area contributed by atoms with Crippen LogP contribution in [0.2, 0.25) is 0 Å². The molecule has 0 fully saturated rings. The largest absolute Gasteiger partial charge is 0.417 e. The van der Waals surface area contributed by atoms with Crippen LogP contribution in [0.3, 0.4) is 0 Å². The van der Waals surface area contributed by atoms with Gasteiger partial charge >= 0.3 is 6.18 Å². The maximum atomic E-state index is 13.0. The molecular formula is C12H6F4OS. The number of benzene rings is 1. The van der Waals surface area contributed by atoms with Gasteiger partial charge in [-0.25, -0.2) is 4.39 Å². The maximum absolute atomic E-state index is 13.0. The highest BCUT2D eigenvalue weighted by molar-refractivity contribution is 7.12. The number of ketones is 1. The van der Waals surface area contributed by atoms with Crippen molar-refractivity contribution in [3.8, 4) is 0 Å². The van der Waals surface area contributed by atoms with E-state index in [0.717, 1.165) is 11.3 Å². The smallest absolute Gasteiger partial charge is 0.288 e. The molecule has 0 aliphatic carbocycles. The molecular weight excluding hydrogens is 268 g/mol. The Morgan fingerprint density at radius 1 is 1.17 bits per heavy atom. The average molecular weight is 274 g/mol. The number of rotatable bonds is 2. The number of halogens is 4. The Hall–Kier alpha value is -1.69. The molecule has 1 nitrogen and oxygen atoms in total. The van der Waals surface area contributed by atoms with Gasteiger partial charge in [0.1, 0.15) is 5.82 Å². The molecule has 94 valence electrons. The molecule has 0 saturated carbocycles. The summed E-state index contributed by atoms with van der Waals surface area (Å²) in [4.78, 5) is 12.0. The standard InChI is InChI=1S/C12H6F4OS/c13-7-3-4-9(12(14,15)16)8(6-7)11(17)10-2-1-5-18-10/h1-6H. The van der Waals surface area contributed by atoms with Crippen LogP contribution in [0.15, 0.2) is 35.7 Å². The van der Waals surface area contributed by atoms with Crippen LogP contribution < -0.4 is 0 Å². The second-order valence-electron chi connectivity index (χ2n) is 3.49. The Balaban J connectivity index is 2.56. The van der Waals surface area contributed by atoms with Crippen LogP contribution in [-0.2, 0) is 6.18 Å². The van der Waals surface area contributed by atoms with E-state index < -0.39 is 28.9 Å². The van der Waals surface area contributed by atoms with E-state index >= 15 is 0 Å². The SMILES string of the molecule is O=C(c1cccs1)c1cc(F)ccc1C(F)(F)F. The third-order valence-electron chi connectivity index (χ3n) is 2.28. The van der Waals surface area contributed by atoms with E-state index in [1.807, 2.05) is 0 Å². The van der Waals surface area contributed by atoms with E-state index in [-0.39, 0.29) is 4.88 Å². The van der Waals surface area contributed by atoms with Gasteiger partial charge in [-0.15, -0.1) is 11.3 Å². The minimum absolute atomic E-state index is 0.145. The van der Waals surface area contributed by atoms with Gasteiger partial charge in [0.05, 0.1) is 10.4 Å². The number of hydrogen-bond donors (Lipinski definition) is 0.